The van der Waals surface area contributed by atoms with E-state index in [1.807, 2.05) is 6.07 Å². The van der Waals surface area contributed by atoms with Gasteiger partial charge < -0.3 is 10.6 Å². The molecule has 1 aliphatic rings. The van der Waals surface area contributed by atoms with E-state index in [1.165, 1.54) is 6.07 Å². The van der Waals surface area contributed by atoms with Crippen molar-refractivity contribution in [3.63, 3.8) is 0 Å². The molecule has 8 heteroatoms. The summed E-state index contributed by atoms with van der Waals surface area (Å²) in [6.07, 6.45) is 0. The second-order valence-corrected chi connectivity index (χ2v) is 9.31. The lowest BCUT2D eigenvalue weighted by Crippen LogP contribution is -2.26. The number of para-hydroxylation sites is 2. The van der Waals surface area contributed by atoms with Gasteiger partial charge in [0.2, 0.25) is 10.0 Å². The Labute approximate surface area is 196 Å². The maximum atomic E-state index is 13.7. The van der Waals surface area contributed by atoms with Crippen LogP contribution in [0.15, 0.2) is 95.9 Å². The molecule has 1 aliphatic carbocycles. The van der Waals surface area contributed by atoms with Gasteiger partial charge in [-0.2, -0.15) is 0 Å². The monoisotopic (exact) mass is 469 g/mol. The average Bonchev–Trinajstić information content (AvgIpc) is 2.83. The van der Waals surface area contributed by atoms with Gasteiger partial charge in [-0.25, -0.2) is 13.6 Å². The predicted octanol–water partition coefficient (Wildman–Crippen LogP) is 4.60. The Morgan fingerprint density at radius 2 is 1.09 bits per heavy atom. The van der Waals surface area contributed by atoms with Crippen LogP contribution in [0.5, 0.6) is 0 Å². The zero-order valence-corrected chi connectivity index (χ0v) is 18.6. The van der Waals surface area contributed by atoms with E-state index in [9.17, 15) is 18.0 Å². The first-order chi connectivity index (χ1) is 16.3. The lowest BCUT2D eigenvalue weighted by molar-refractivity contribution is 0.0980. The lowest BCUT2D eigenvalue weighted by Gasteiger charge is -2.25. The number of fused-ring (bicyclic) bond motifs is 2. The number of anilines is 4. The summed E-state index contributed by atoms with van der Waals surface area (Å²) in [5.41, 5.74) is 1.80. The van der Waals surface area contributed by atoms with Gasteiger partial charge in [-0.15, -0.1) is 0 Å². The van der Waals surface area contributed by atoms with E-state index in [2.05, 4.69) is 10.6 Å². The SMILES string of the molecule is NS(=O)(=O)c1cc(Nc2ccccc2)c2c(c1Nc1ccccc1)C(=O)c1ccccc1C2=O. The Hall–Kier alpha value is -4.27. The summed E-state index contributed by atoms with van der Waals surface area (Å²) in [5.74, 6) is -0.856. The molecule has 0 fully saturated rings. The first kappa shape index (κ1) is 21.6. The molecule has 0 saturated heterocycles. The van der Waals surface area contributed by atoms with Gasteiger partial charge in [-0.3, -0.25) is 9.59 Å². The molecular weight excluding hydrogens is 450 g/mol. The Kier molecular flexibility index (Phi) is 5.24. The summed E-state index contributed by atoms with van der Waals surface area (Å²) < 4.78 is 25.4. The number of hydrogen-bond donors (Lipinski definition) is 3. The van der Waals surface area contributed by atoms with E-state index < -0.39 is 15.8 Å². The molecule has 0 radical (unpaired) electrons. The maximum Gasteiger partial charge on any atom is 0.240 e. The van der Waals surface area contributed by atoms with E-state index in [-0.39, 0.29) is 44.3 Å². The van der Waals surface area contributed by atoms with Crippen LogP contribution in [0, 0.1) is 0 Å². The standard InChI is InChI=1S/C26H19N3O4S/c27-34(32,33)21-15-20(28-16-9-3-1-4-10-16)22-23(24(21)29-17-11-5-2-6-12-17)26(31)19-14-8-7-13-18(19)25(22)30/h1-15,28-29H,(H2,27,32,33). The first-order valence-electron chi connectivity index (χ1n) is 10.4. The molecule has 4 N–H and O–H groups in total. The predicted molar refractivity (Wildman–Crippen MR) is 131 cm³/mol. The van der Waals surface area contributed by atoms with Crippen molar-refractivity contribution in [2.75, 3.05) is 10.6 Å². The molecule has 0 heterocycles. The van der Waals surface area contributed by atoms with Gasteiger partial charge in [-0.05, 0) is 30.3 Å². The van der Waals surface area contributed by atoms with Crippen molar-refractivity contribution in [3.8, 4) is 0 Å². The van der Waals surface area contributed by atoms with Crippen LogP contribution in [-0.4, -0.2) is 20.0 Å². The number of hydrogen-bond acceptors (Lipinski definition) is 6. The smallest absolute Gasteiger partial charge is 0.240 e. The Bertz CT molecular complexity index is 1550. The summed E-state index contributed by atoms with van der Waals surface area (Å²) in [6.45, 7) is 0. The molecule has 4 aromatic carbocycles. The average molecular weight is 470 g/mol. The number of rotatable bonds is 5. The highest BCUT2D eigenvalue weighted by Crippen LogP contribution is 2.42. The molecule has 7 nitrogen and oxygen atoms in total. The number of carbonyl (C=O) groups is 2. The third-order valence-corrected chi connectivity index (χ3v) is 6.50. The van der Waals surface area contributed by atoms with Crippen molar-refractivity contribution in [3.05, 3.63) is 113 Å². The van der Waals surface area contributed by atoms with Crippen molar-refractivity contribution in [2.24, 2.45) is 5.14 Å². The molecule has 168 valence electrons. The molecule has 5 rings (SSSR count). The molecule has 0 bridgehead atoms. The van der Waals surface area contributed by atoms with E-state index >= 15 is 0 Å². The quantitative estimate of drug-likeness (QED) is 0.346. The number of primary sulfonamides is 1. The highest BCUT2D eigenvalue weighted by atomic mass is 32.2. The van der Waals surface area contributed by atoms with Crippen molar-refractivity contribution in [1.29, 1.82) is 0 Å². The highest BCUT2D eigenvalue weighted by molar-refractivity contribution is 7.89. The van der Waals surface area contributed by atoms with Crippen molar-refractivity contribution >= 4 is 44.3 Å². The van der Waals surface area contributed by atoms with E-state index in [4.69, 9.17) is 5.14 Å². The van der Waals surface area contributed by atoms with E-state index in [1.54, 1.807) is 78.9 Å². The van der Waals surface area contributed by atoms with Crippen LogP contribution < -0.4 is 15.8 Å². The van der Waals surface area contributed by atoms with Crippen LogP contribution in [0.4, 0.5) is 22.7 Å². The molecule has 0 atom stereocenters. The number of nitrogens with two attached hydrogens (primary N) is 1. The van der Waals surface area contributed by atoms with Crippen LogP contribution in [0.3, 0.4) is 0 Å². The summed E-state index contributed by atoms with van der Waals surface area (Å²) in [5, 5.41) is 11.7. The lowest BCUT2D eigenvalue weighted by atomic mass is 9.82. The second kappa shape index (κ2) is 8.26. The third kappa shape index (κ3) is 3.75. The molecule has 0 amide bonds. The van der Waals surface area contributed by atoms with E-state index in [0.717, 1.165) is 0 Å². The van der Waals surface area contributed by atoms with Crippen LogP contribution in [0.1, 0.15) is 31.8 Å². The van der Waals surface area contributed by atoms with E-state index in [0.29, 0.717) is 11.4 Å². The van der Waals surface area contributed by atoms with Crippen LogP contribution in [0.2, 0.25) is 0 Å². The Morgan fingerprint density at radius 3 is 1.62 bits per heavy atom. The minimum absolute atomic E-state index is 0.0323. The highest BCUT2D eigenvalue weighted by Gasteiger charge is 2.37. The fraction of sp³-hybridized carbons (Fsp3) is 0. The number of benzene rings is 4. The molecule has 0 aromatic heterocycles. The normalized spacial score (nSPS) is 12.6. The number of nitrogens with one attached hydrogen (secondary N) is 2. The second-order valence-electron chi connectivity index (χ2n) is 7.78. The van der Waals surface area contributed by atoms with Gasteiger partial charge in [0, 0.05) is 22.5 Å². The number of ketones is 2. The fourth-order valence-electron chi connectivity index (χ4n) is 4.06. The Morgan fingerprint density at radius 1 is 0.618 bits per heavy atom. The Balaban J connectivity index is 1.83. The summed E-state index contributed by atoms with van der Waals surface area (Å²) >= 11 is 0. The van der Waals surface area contributed by atoms with Crippen molar-refractivity contribution < 1.29 is 18.0 Å². The van der Waals surface area contributed by atoms with Crippen LogP contribution >= 0.6 is 0 Å². The number of sulfonamides is 1. The van der Waals surface area contributed by atoms with Crippen LogP contribution in [0.25, 0.3) is 0 Å². The first-order valence-corrected chi connectivity index (χ1v) is 12.0. The topological polar surface area (TPSA) is 118 Å². The van der Waals surface area contributed by atoms with Gasteiger partial charge >= 0.3 is 0 Å². The summed E-state index contributed by atoms with van der Waals surface area (Å²) in [4.78, 5) is 27.0. The molecule has 34 heavy (non-hydrogen) atoms. The number of carbonyl (C=O) groups excluding carboxylic acids is 2. The van der Waals surface area contributed by atoms with Gasteiger partial charge in [0.1, 0.15) is 4.90 Å². The van der Waals surface area contributed by atoms with Gasteiger partial charge in [0.25, 0.3) is 0 Å². The maximum absolute atomic E-state index is 13.7. The van der Waals surface area contributed by atoms with Crippen molar-refractivity contribution in [2.45, 2.75) is 4.90 Å². The summed E-state index contributed by atoms with van der Waals surface area (Å²) in [6, 6.07) is 25.5. The third-order valence-electron chi connectivity index (χ3n) is 5.56. The molecule has 0 unspecified atom stereocenters. The minimum Gasteiger partial charge on any atom is -0.355 e. The van der Waals surface area contributed by atoms with Gasteiger partial charge in [0.15, 0.2) is 11.6 Å². The van der Waals surface area contributed by atoms with Gasteiger partial charge in [-0.1, -0.05) is 60.7 Å². The minimum atomic E-state index is -4.29. The summed E-state index contributed by atoms with van der Waals surface area (Å²) in [7, 11) is -4.29. The zero-order valence-electron chi connectivity index (χ0n) is 17.8. The van der Waals surface area contributed by atoms with Crippen molar-refractivity contribution in [1.82, 2.24) is 0 Å². The van der Waals surface area contributed by atoms with Gasteiger partial charge in [0.05, 0.1) is 22.5 Å². The molecule has 4 aromatic rings. The molecule has 0 saturated carbocycles. The van der Waals surface area contributed by atoms with Crippen LogP contribution in [-0.2, 0) is 10.0 Å². The fourth-order valence-corrected chi connectivity index (χ4v) is 4.78. The molecule has 0 spiro atoms. The molecule has 0 aliphatic heterocycles. The zero-order chi connectivity index (χ0) is 23.9. The molecular formula is C26H19N3O4S. The largest absolute Gasteiger partial charge is 0.355 e.